The Balaban J connectivity index is 4.19. The van der Waals surface area contributed by atoms with Crippen molar-refractivity contribution in [2.45, 2.75) is 49.7 Å². The van der Waals surface area contributed by atoms with E-state index >= 15 is 0 Å². The molecule has 0 aliphatic heterocycles. The van der Waals surface area contributed by atoms with Crippen LogP contribution in [0, 0.1) is 0 Å². The van der Waals surface area contributed by atoms with Crippen molar-refractivity contribution in [2.24, 2.45) is 0 Å². The highest BCUT2D eigenvalue weighted by Crippen LogP contribution is 2.50. The van der Waals surface area contributed by atoms with Crippen LogP contribution in [-0.4, -0.2) is 31.0 Å². The Bertz CT molecular complexity index is 285. The van der Waals surface area contributed by atoms with Gasteiger partial charge in [0.25, 0.3) is 0 Å². The standard InChI is InChI=1S/C12H21Br6O4P/c13-10(14)4-1-7-20-23(19,21-8-2-5-11(15)16)22-9-3-6-12(17)18/h10-12H,1-9H2. The Morgan fingerprint density at radius 3 is 1.09 bits per heavy atom. The maximum absolute atomic E-state index is 12.6. The average Bonchev–Trinajstić information content (AvgIpc) is 2.44. The van der Waals surface area contributed by atoms with E-state index < -0.39 is 7.82 Å². The largest absolute Gasteiger partial charge is 0.474 e. The number of phosphoric ester groups is 1. The lowest BCUT2D eigenvalue weighted by molar-refractivity contribution is 0.110. The van der Waals surface area contributed by atoms with E-state index in [0.29, 0.717) is 19.8 Å². The molecule has 0 aromatic heterocycles. The Morgan fingerprint density at radius 2 is 0.870 bits per heavy atom. The van der Waals surface area contributed by atoms with Gasteiger partial charge in [-0.1, -0.05) is 95.6 Å². The Morgan fingerprint density at radius 1 is 0.609 bits per heavy atom. The molecule has 23 heavy (non-hydrogen) atoms. The maximum Gasteiger partial charge on any atom is 0.474 e. The molecule has 0 radical (unpaired) electrons. The van der Waals surface area contributed by atoms with Gasteiger partial charge in [0.15, 0.2) is 0 Å². The third-order valence-electron chi connectivity index (χ3n) is 2.45. The fourth-order valence-electron chi connectivity index (χ4n) is 1.35. The van der Waals surface area contributed by atoms with Crippen molar-refractivity contribution in [3.05, 3.63) is 0 Å². The van der Waals surface area contributed by atoms with Crippen molar-refractivity contribution in [1.29, 1.82) is 0 Å². The molecule has 0 saturated carbocycles. The molecule has 0 aromatic carbocycles. The molecule has 0 rings (SSSR count). The van der Waals surface area contributed by atoms with Crippen LogP contribution in [0.3, 0.4) is 0 Å². The summed E-state index contributed by atoms with van der Waals surface area (Å²) < 4.78 is 29.5. The van der Waals surface area contributed by atoms with Crippen LogP contribution in [0.15, 0.2) is 0 Å². The fourth-order valence-corrected chi connectivity index (χ4v) is 4.58. The number of hydrogen-bond acceptors (Lipinski definition) is 4. The number of hydrogen-bond donors (Lipinski definition) is 0. The van der Waals surface area contributed by atoms with Crippen LogP contribution in [0.2, 0.25) is 0 Å². The molecule has 0 spiro atoms. The summed E-state index contributed by atoms with van der Waals surface area (Å²) in [4.78, 5) is 0. The highest BCUT2D eigenvalue weighted by atomic mass is 79.9. The SMILES string of the molecule is O=P(OCCCC(Br)Br)(OCCCC(Br)Br)OCCCC(Br)Br. The molecule has 0 bridgehead atoms. The monoisotopic (exact) mass is 734 g/mol. The van der Waals surface area contributed by atoms with Gasteiger partial charge < -0.3 is 0 Å². The summed E-state index contributed by atoms with van der Waals surface area (Å²) in [7, 11) is -3.49. The van der Waals surface area contributed by atoms with Crippen molar-refractivity contribution in [3.8, 4) is 0 Å². The molecular weight excluding hydrogens is 719 g/mol. The van der Waals surface area contributed by atoms with E-state index in [4.69, 9.17) is 13.6 Å². The van der Waals surface area contributed by atoms with E-state index in [-0.39, 0.29) is 11.2 Å². The summed E-state index contributed by atoms with van der Waals surface area (Å²) in [6, 6.07) is 0. The third kappa shape index (κ3) is 18.1. The summed E-state index contributed by atoms with van der Waals surface area (Å²) in [6.45, 7) is 1.01. The van der Waals surface area contributed by atoms with Crippen LogP contribution in [0.4, 0.5) is 0 Å². The second kappa shape index (κ2) is 16.0. The summed E-state index contributed by atoms with van der Waals surface area (Å²) in [5, 5.41) is 0. The van der Waals surface area contributed by atoms with Gasteiger partial charge in [0.05, 0.1) is 31.0 Å². The van der Waals surface area contributed by atoms with Crippen molar-refractivity contribution < 1.29 is 18.1 Å². The fraction of sp³-hybridized carbons (Fsp3) is 1.00. The zero-order valence-corrected chi connectivity index (χ0v) is 22.9. The van der Waals surface area contributed by atoms with Gasteiger partial charge in [0.1, 0.15) is 0 Å². The molecule has 0 aliphatic rings. The van der Waals surface area contributed by atoms with Gasteiger partial charge in [-0.3, -0.25) is 13.6 Å². The molecule has 0 heterocycles. The van der Waals surface area contributed by atoms with E-state index in [1.54, 1.807) is 0 Å². The first-order valence-electron chi connectivity index (χ1n) is 7.13. The van der Waals surface area contributed by atoms with E-state index in [2.05, 4.69) is 95.6 Å². The molecule has 0 unspecified atom stereocenters. The summed E-state index contributed by atoms with van der Waals surface area (Å²) >= 11 is 20.4. The van der Waals surface area contributed by atoms with Crippen molar-refractivity contribution in [1.82, 2.24) is 0 Å². The van der Waals surface area contributed by atoms with Crippen LogP contribution in [0.5, 0.6) is 0 Å². The van der Waals surface area contributed by atoms with Gasteiger partial charge in [-0.05, 0) is 38.5 Å². The lowest BCUT2D eigenvalue weighted by Gasteiger charge is -2.18. The molecule has 0 N–H and O–H groups in total. The van der Waals surface area contributed by atoms with Crippen LogP contribution < -0.4 is 0 Å². The van der Waals surface area contributed by atoms with Gasteiger partial charge in [0.2, 0.25) is 0 Å². The highest BCUT2D eigenvalue weighted by Gasteiger charge is 2.26. The van der Waals surface area contributed by atoms with Crippen LogP contribution in [0.1, 0.15) is 38.5 Å². The second-order valence-corrected chi connectivity index (χ2v) is 16.5. The van der Waals surface area contributed by atoms with Crippen LogP contribution >= 0.6 is 103 Å². The summed E-state index contributed by atoms with van der Waals surface area (Å²) in [5.74, 6) is 0. The van der Waals surface area contributed by atoms with Gasteiger partial charge in [-0.2, -0.15) is 0 Å². The predicted octanol–water partition coefficient (Wildman–Crippen LogP) is 7.83. The summed E-state index contributed by atoms with van der Waals surface area (Å²) in [6.07, 6.45) is 4.87. The van der Waals surface area contributed by atoms with Gasteiger partial charge in [0, 0.05) is 0 Å². The first-order chi connectivity index (χ1) is 10.7. The van der Waals surface area contributed by atoms with Crippen molar-refractivity contribution >= 4 is 103 Å². The molecule has 0 amide bonds. The molecular formula is C12H21Br6O4P. The number of alkyl halides is 6. The highest BCUT2D eigenvalue weighted by molar-refractivity contribution is 9.25. The van der Waals surface area contributed by atoms with Crippen LogP contribution in [0.25, 0.3) is 0 Å². The number of halogens is 6. The number of rotatable bonds is 15. The molecule has 0 atom stereocenters. The Labute approximate surface area is 189 Å². The zero-order chi connectivity index (χ0) is 17.7. The van der Waals surface area contributed by atoms with Crippen molar-refractivity contribution in [3.63, 3.8) is 0 Å². The normalized spacial score (nSPS) is 12.7. The predicted molar refractivity (Wildman–Crippen MR) is 118 cm³/mol. The Kier molecular flexibility index (Phi) is 18.1. The van der Waals surface area contributed by atoms with E-state index in [1.807, 2.05) is 0 Å². The smallest absolute Gasteiger partial charge is 0.287 e. The Hall–Kier alpha value is 2.99. The van der Waals surface area contributed by atoms with Crippen LogP contribution in [-0.2, 0) is 18.1 Å². The molecule has 0 fully saturated rings. The van der Waals surface area contributed by atoms with E-state index in [0.717, 1.165) is 38.5 Å². The average molecular weight is 740 g/mol. The lowest BCUT2D eigenvalue weighted by atomic mass is 10.4. The summed E-state index contributed by atoms with van der Waals surface area (Å²) in [5.41, 5.74) is 0. The lowest BCUT2D eigenvalue weighted by Crippen LogP contribution is -2.05. The first-order valence-corrected chi connectivity index (χ1v) is 14.1. The molecule has 0 saturated heterocycles. The van der Waals surface area contributed by atoms with Gasteiger partial charge in [-0.25, -0.2) is 4.57 Å². The molecule has 4 nitrogen and oxygen atoms in total. The molecule has 0 aromatic rings. The number of phosphoric acid groups is 1. The topological polar surface area (TPSA) is 44.8 Å². The minimum Gasteiger partial charge on any atom is -0.287 e. The minimum absolute atomic E-state index is 0.226. The second-order valence-electron chi connectivity index (χ2n) is 4.55. The molecule has 140 valence electrons. The van der Waals surface area contributed by atoms with E-state index in [9.17, 15) is 4.57 Å². The maximum atomic E-state index is 12.6. The minimum atomic E-state index is -3.49. The van der Waals surface area contributed by atoms with Gasteiger partial charge >= 0.3 is 7.82 Å². The van der Waals surface area contributed by atoms with E-state index in [1.165, 1.54) is 0 Å². The molecule has 11 heteroatoms. The quantitative estimate of drug-likeness (QED) is 0.0977. The van der Waals surface area contributed by atoms with Crippen molar-refractivity contribution in [2.75, 3.05) is 19.8 Å². The first kappa shape index (κ1) is 26.0. The van der Waals surface area contributed by atoms with Gasteiger partial charge in [-0.15, -0.1) is 0 Å². The zero-order valence-electron chi connectivity index (χ0n) is 12.4. The molecule has 0 aliphatic carbocycles. The third-order valence-corrected chi connectivity index (χ3v) is 6.69.